The van der Waals surface area contributed by atoms with Crippen molar-refractivity contribution in [2.24, 2.45) is 0 Å². The van der Waals surface area contributed by atoms with E-state index in [0.717, 1.165) is 24.7 Å². The average Bonchev–Trinajstić information content (AvgIpc) is 2.44. The van der Waals surface area contributed by atoms with E-state index in [1.807, 2.05) is 12.1 Å². The molecule has 0 bridgehead atoms. The SMILES string of the molecule is CC1CCCCN1CCCNCc1ccc(F)c(Br)c1. The molecule has 0 radical (unpaired) electrons. The Morgan fingerprint density at radius 3 is 3.00 bits per heavy atom. The zero-order chi connectivity index (χ0) is 14.4. The molecule has 2 nitrogen and oxygen atoms in total. The monoisotopic (exact) mass is 342 g/mol. The molecule has 0 aromatic heterocycles. The number of likely N-dealkylation sites (tertiary alicyclic amines) is 1. The van der Waals surface area contributed by atoms with Crippen LogP contribution in [0, 0.1) is 5.82 Å². The van der Waals surface area contributed by atoms with E-state index in [9.17, 15) is 4.39 Å². The number of hydrogen-bond donors (Lipinski definition) is 1. The van der Waals surface area contributed by atoms with Crippen molar-refractivity contribution in [3.05, 3.63) is 34.1 Å². The highest BCUT2D eigenvalue weighted by Crippen LogP contribution is 2.17. The zero-order valence-electron chi connectivity index (χ0n) is 12.2. The van der Waals surface area contributed by atoms with Gasteiger partial charge in [-0.3, -0.25) is 0 Å². The first kappa shape index (κ1) is 15.9. The lowest BCUT2D eigenvalue weighted by Crippen LogP contribution is -2.38. The molecule has 112 valence electrons. The van der Waals surface area contributed by atoms with Gasteiger partial charge in [0.25, 0.3) is 0 Å². The standard InChI is InChI=1S/C16H24BrFN2/c1-13-5-2-3-9-20(13)10-4-8-19-12-14-6-7-16(18)15(17)11-14/h6-7,11,13,19H,2-5,8-10,12H2,1H3. The van der Waals surface area contributed by atoms with Crippen molar-refractivity contribution in [2.75, 3.05) is 19.6 Å². The Hall–Kier alpha value is -0.450. The Labute approximate surface area is 129 Å². The maximum absolute atomic E-state index is 13.1. The van der Waals surface area contributed by atoms with Crippen LogP contribution >= 0.6 is 15.9 Å². The molecule has 0 aliphatic carbocycles. The summed E-state index contributed by atoms with van der Waals surface area (Å²) in [4.78, 5) is 2.60. The van der Waals surface area contributed by atoms with E-state index in [0.29, 0.717) is 4.47 Å². The molecular formula is C16H24BrFN2. The predicted octanol–water partition coefficient (Wildman–Crippen LogP) is 3.94. The van der Waals surface area contributed by atoms with E-state index in [2.05, 4.69) is 33.1 Å². The fraction of sp³-hybridized carbons (Fsp3) is 0.625. The second kappa shape index (κ2) is 8.11. The van der Waals surface area contributed by atoms with Crippen molar-refractivity contribution < 1.29 is 4.39 Å². The smallest absolute Gasteiger partial charge is 0.137 e. The second-order valence-corrected chi connectivity index (χ2v) is 6.51. The van der Waals surface area contributed by atoms with E-state index in [4.69, 9.17) is 0 Å². The first-order valence-corrected chi connectivity index (χ1v) is 8.35. The lowest BCUT2D eigenvalue weighted by atomic mass is 10.0. The van der Waals surface area contributed by atoms with Crippen LogP contribution in [0.5, 0.6) is 0 Å². The lowest BCUT2D eigenvalue weighted by Gasteiger charge is -2.33. The Kier molecular flexibility index (Phi) is 6.46. The van der Waals surface area contributed by atoms with Crippen molar-refractivity contribution in [3.8, 4) is 0 Å². The molecular weight excluding hydrogens is 319 g/mol. The molecule has 2 rings (SSSR count). The zero-order valence-corrected chi connectivity index (χ0v) is 13.8. The highest BCUT2D eigenvalue weighted by Gasteiger charge is 2.16. The van der Waals surface area contributed by atoms with Crippen molar-refractivity contribution in [1.29, 1.82) is 0 Å². The number of rotatable bonds is 6. The minimum absolute atomic E-state index is 0.201. The molecule has 1 saturated heterocycles. The summed E-state index contributed by atoms with van der Waals surface area (Å²) in [6.45, 7) is 6.59. The van der Waals surface area contributed by atoms with E-state index >= 15 is 0 Å². The molecule has 1 aromatic rings. The molecule has 1 heterocycles. The van der Waals surface area contributed by atoms with Gasteiger partial charge >= 0.3 is 0 Å². The van der Waals surface area contributed by atoms with Gasteiger partial charge in [-0.15, -0.1) is 0 Å². The number of nitrogens with one attached hydrogen (secondary N) is 1. The molecule has 1 N–H and O–H groups in total. The highest BCUT2D eigenvalue weighted by molar-refractivity contribution is 9.10. The highest BCUT2D eigenvalue weighted by atomic mass is 79.9. The Balaban J connectivity index is 1.62. The van der Waals surface area contributed by atoms with Gasteiger partial charge in [-0.25, -0.2) is 4.39 Å². The number of benzene rings is 1. The molecule has 1 aliphatic heterocycles. The third kappa shape index (κ3) is 4.83. The third-order valence-electron chi connectivity index (χ3n) is 4.05. The number of nitrogens with zero attached hydrogens (tertiary/aromatic N) is 1. The molecule has 1 unspecified atom stereocenters. The molecule has 1 atom stereocenters. The first-order valence-electron chi connectivity index (χ1n) is 7.55. The molecule has 1 fully saturated rings. The molecule has 1 aromatic carbocycles. The van der Waals surface area contributed by atoms with Crippen LogP contribution < -0.4 is 5.32 Å². The summed E-state index contributed by atoms with van der Waals surface area (Å²) in [6.07, 6.45) is 5.25. The summed E-state index contributed by atoms with van der Waals surface area (Å²) in [5.74, 6) is -0.201. The van der Waals surface area contributed by atoms with Crippen molar-refractivity contribution in [3.63, 3.8) is 0 Å². The third-order valence-corrected chi connectivity index (χ3v) is 4.66. The largest absolute Gasteiger partial charge is 0.313 e. The second-order valence-electron chi connectivity index (χ2n) is 5.66. The summed E-state index contributed by atoms with van der Waals surface area (Å²) in [6, 6.07) is 5.93. The van der Waals surface area contributed by atoms with Crippen LogP contribution in [-0.2, 0) is 6.54 Å². The number of hydrogen-bond acceptors (Lipinski definition) is 2. The number of halogens is 2. The van der Waals surface area contributed by atoms with Gasteiger partial charge < -0.3 is 10.2 Å². The summed E-state index contributed by atoms with van der Waals surface area (Å²) in [5, 5.41) is 3.43. The Morgan fingerprint density at radius 2 is 2.25 bits per heavy atom. The van der Waals surface area contributed by atoms with Crippen molar-refractivity contribution in [2.45, 2.75) is 45.2 Å². The first-order chi connectivity index (χ1) is 9.66. The van der Waals surface area contributed by atoms with Gasteiger partial charge in [0.1, 0.15) is 5.82 Å². The van der Waals surface area contributed by atoms with Gasteiger partial charge in [-0.2, -0.15) is 0 Å². The Bertz CT molecular complexity index is 425. The van der Waals surface area contributed by atoms with Crippen LogP contribution in [0.25, 0.3) is 0 Å². The average molecular weight is 343 g/mol. The Morgan fingerprint density at radius 1 is 1.40 bits per heavy atom. The normalized spacial score (nSPS) is 20.2. The van der Waals surface area contributed by atoms with E-state index in [-0.39, 0.29) is 5.82 Å². The van der Waals surface area contributed by atoms with Gasteiger partial charge in [-0.1, -0.05) is 12.5 Å². The summed E-state index contributed by atoms with van der Waals surface area (Å²) < 4.78 is 13.7. The molecule has 0 saturated carbocycles. The van der Waals surface area contributed by atoms with Crippen LogP contribution in [0.15, 0.2) is 22.7 Å². The molecule has 20 heavy (non-hydrogen) atoms. The maximum atomic E-state index is 13.1. The molecule has 0 amide bonds. The van der Waals surface area contributed by atoms with Crippen molar-refractivity contribution in [1.82, 2.24) is 10.2 Å². The fourth-order valence-corrected chi connectivity index (χ4v) is 3.21. The van der Waals surface area contributed by atoms with Crippen LogP contribution in [-0.4, -0.2) is 30.6 Å². The van der Waals surface area contributed by atoms with Gasteiger partial charge in [0.05, 0.1) is 4.47 Å². The fourth-order valence-electron chi connectivity index (χ4n) is 2.78. The van der Waals surface area contributed by atoms with E-state index < -0.39 is 0 Å². The maximum Gasteiger partial charge on any atom is 0.137 e. The van der Waals surface area contributed by atoms with Crippen molar-refractivity contribution >= 4 is 15.9 Å². The molecule has 0 spiro atoms. The van der Waals surface area contributed by atoms with E-state index in [1.165, 1.54) is 44.8 Å². The van der Waals surface area contributed by atoms with Gasteiger partial charge in [-0.05, 0) is 79.4 Å². The number of piperidine rings is 1. The predicted molar refractivity (Wildman–Crippen MR) is 85.3 cm³/mol. The van der Waals surface area contributed by atoms with Crippen LogP contribution in [0.2, 0.25) is 0 Å². The van der Waals surface area contributed by atoms with Crippen LogP contribution in [0.3, 0.4) is 0 Å². The summed E-state index contributed by atoms with van der Waals surface area (Å²) in [5.41, 5.74) is 1.12. The quantitative estimate of drug-likeness (QED) is 0.787. The topological polar surface area (TPSA) is 15.3 Å². The minimum atomic E-state index is -0.201. The summed E-state index contributed by atoms with van der Waals surface area (Å²) in [7, 11) is 0. The minimum Gasteiger partial charge on any atom is -0.313 e. The van der Waals surface area contributed by atoms with Gasteiger partial charge in [0, 0.05) is 12.6 Å². The van der Waals surface area contributed by atoms with E-state index in [1.54, 1.807) is 0 Å². The van der Waals surface area contributed by atoms with Crippen LogP contribution in [0.1, 0.15) is 38.2 Å². The van der Waals surface area contributed by atoms with Gasteiger partial charge in [0.15, 0.2) is 0 Å². The summed E-state index contributed by atoms with van der Waals surface area (Å²) >= 11 is 3.22. The van der Waals surface area contributed by atoms with Gasteiger partial charge in [0.2, 0.25) is 0 Å². The van der Waals surface area contributed by atoms with Crippen LogP contribution in [0.4, 0.5) is 4.39 Å². The lowest BCUT2D eigenvalue weighted by molar-refractivity contribution is 0.159. The molecule has 4 heteroatoms. The molecule has 1 aliphatic rings.